The molecule has 3 rings (SSSR count). The van der Waals surface area contributed by atoms with Crippen molar-refractivity contribution in [3.05, 3.63) is 52.7 Å². The zero-order chi connectivity index (χ0) is 17.8. The van der Waals surface area contributed by atoms with E-state index >= 15 is 0 Å². The number of anilines is 1. The number of nitrogens with one attached hydrogen (secondary N) is 1. The number of ether oxygens (including phenoxy) is 1. The highest BCUT2D eigenvalue weighted by molar-refractivity contribution is 5.94. The van der Waals surface area contributed by atoms with Gasteiger partial charge >= 0.3 is 0 Å². The summed E-state index contributed by atoms with van der Waals surface area (Å²) in [4.78, 5) is 19.2. The highest BCUT2D eigenvalue weighted by Gasteiger charge is 2.14. The van der Waals surface area contributed by atoms with Crippen LogP contribution in [0, 0.1) is 13.8 Å². The predicted molar refractivity (Wildman–Crippen MR) is 99.3 cm³/mol. The molecule has 132 valence electrons. The fourth-order valence-electron chi connectivity index (χ4n) is 3.28. The van der Waals surface area contributed by atoms with Gasteiger partial charge in [0.2, 0.25) is 5.88 Å². The maximum absolute atomic E-state index is 12.4. The molecule has 0 spiro atoms. The van der Waals surface area contributed by atoms with Crippen LogP contribution in [0.3, 0.4) is 0 Å². The SMILES string of the molecule is COc1nc(C)cc(C)c1CNC(=O)c1ccc(N2CCCC2)cc1. The van der Waals surface area contributed by atoms with Crippen LogP contribution in [0.25, 0.3) is 0 Å². The zero-order valence-corrected chi connectivity index (χ0v) is 15.1. The molecule has 0 bridgehead atoms. The second-order valence-corrected chi connectivity index (χ2v) is 6.49. The van der Waals surface area contributed by atoms with Crippen molar-refractivity contribution in [3.63, 3.8) is 0 Å². The van der Waals surface area contributed by atoms with Crippen LogP contribution in [0.4, 0.5) is 5.69 Å². The molecule has 5 nitrogen and oxygen atoms in total. The summed E-state index contributed by atoms with van der Waals surface area (Å²) in [5, 5.41) is 2.97. The lowest BCUT2D eigenvalue weighted by atomic mass is 10.1. The molecule has 5 heteroatoms. The maximum Gasteiger partial charge on any atom is 0.251 e. The Morgan fingerprint density at radius 2 is 1.88 bits per heavy atom. The van der Waals surface area contributed by atoms with Gasteiger partial charge in [-0.25, -0.2) is 4.98 Å². The predicted octanol–water partition coefficient (Wildman–Crippen LogP) is 3.24. The molecule has 1 aromatic carbocycles. The Labute approximate surface area is 149 Å². The van der Waals surface area contributed by atoms with Crippen LogP contribution in [0.15, 0.2) is 30.3 Å². The average molecular weight is 339 g/mol. The number of methoxy groups -OCH3 is 1. The van der Waals surface area contributed by atoms with Gasteiger partial charge in [-0.3, -0.25) is 4.79 Å². The fraction of sp³-hybridized carbons (Fsp3) is 0.400. The number of pyridine rings is 1. The van der Waals surface area contributed by atoms with Gasteiger partial charge in [0.25, 0.3) is 5.91 Å². The fourth-order valence-corrected chi connectivity index (χ4v) is 3.28. The van der Waals surface area contributed by atoms with Crippen molar-refractivity contribution in [2.75, 3.05) is 25.1 Å². The molecule has 1 amide bonds. The number of aryl methyl sites for hydroxylation is 2. The van der Waals surface area contributed by atoms with Gasteiger partial charge in [-0.1, -0.05) is 0 Å². The van der Waals surface area contributed by atoms with Crippen molar-refractivity contribution in [1.29, 1.82) is 0 Å². The molecule has 2 heterocycles. The van der Waals surface area contributed by atoms with Gasteiger partial charge in [-0.05, 0) is 62.6 Å². The van der Waals surface area contributed by atoms with Crippen molar-refractivity contribution >= 4 is 11.6 Å². The lowest BCUT2D eigenvalue weighted by Gasteiger charge is -2.17. The molecule has 1 aliphatic heterocycles. The number of rotatable bonds is 5. The molecule has 1 saturated heterocycles. The van der Waals surface area contributed by atoms with Gasteiger partial charge in [0, 0.05) is 42.1 Å². The zero-order valence-electron chi connectivity index (χ0n) is 15.1. The molecule has 2 aromatic rings. The summed E-state index contributed by atoms with van der Waals surface area (Å²) in [5.74, 6) is 0.484. The topological polar surface area (TPSA) is 54.5 Å². The summed E-state index contributed by atoms with van der Waals surface area (Å²) in [6.45, 7) is 6.54. The molecule has 1 aromatic heterocycles. The summed E-state index contributed by atoms with van der Waals surface area (Å²) >= 11 is 0. The van der Waals surface area contributed by atoms with Gasteiger partial charge in [0.15, 0.2) is 0 Å². The van der Waals surface area contributed by atoms with Gasteiger partial charge < -0.3 is 15.0 Å². The number of carbonyl (C=O) groups is 1. The third-order valence-corrected chi connectivity index (χ3v) is 4.66. The van der Waals surface area contributed by atoms with E-state index in [0.29, 0.717) is 18.0 Å². The van der Waals surface area contributed by atoms with Crippen molar-refractivity contribution in [2.24, 2.45) is 0 Å². The Morgan fingerprint density at radius 3 is 2.52 bits per heavy atom. The second-order valence-electron chi connectivity index (χ2n) is 6.49. The Kier molecular flexibility index (Phi) is 5.22. The van der Waals surface area contributed by atoms with Crippen LogP contribution >= 0.6 is 0 Å². The second kappa shape index (κ2) is 7.55. The summed E-state index contributed by atoms with van der Waals surface area (Å²) in [5.41, 5.74) is 4.74. The molecule has 0 saturated carbocycles. The molecular weight excluding hydrogens is 314 g/mol. The minimum Gasteiger partial charge on any atom is -0.481 e. The number of nitrogens with zero attached hydrogens (tertiary/aromatic N) is 2. The maximum atomic E-state index is 12.4. The van der Waals surface area contributed by atoms with Crippen molar-refractivity contribution in [3.8, 4) is 5.88 Å². The molecule has 0 unspecified atom stereocenters. The monoisotopic (exact) mass is 339 g/mol. The van der Waals surface area contributed by atoms with E-state index in [1.807, 2.05) is 44.2 Å². The molecular formula is C20H25N3O2. The number of benzene rings is 1. The lowest BCUT2D eigenvalue weighted by Crippen LogP contribution is -2.24. The standard InChI is InChI=1S/C20H25N3O2/c1-14-12-15(2)22-20(25-3)18(14)13-21-19(24)16-6-8-17(9-7-16)23-10-4-5-11-23/h6-9,12H,4-5,10-11,13H2,1-3H3,(H,21,24). The minimum absolute atomic E-state index is 0.0880. The van der Waals surface area contributed by atoms with Gasteiger partial charge in [-0.15, -0.1) is 0 Å². The Bertz CT molecular complexity index is 750. The molecule has 0 atom stereocenters. The number of amides is 1. The first-order valence-electron chi connectivity index (χ1n) is 8.73. The van der Waals surface area contributed by atoms with Crippen molar-refractivity contribution in [1.82, 2.24) is 10.3 Å². The first-order chi connectivity index (χ1) is 12.1. The van der Waals surface area contributed by atoms with Crippen LogP contribution in [0.2, 0.25) is 0 Å². The first-order valence-corrected chi connectivity index (χ1v) is 8.73. The number of aromatic nitrogens is 1. The van der Waals surface area contributed by atoms with Crippen LogP contribution in [-0.4, -0.2) is 31.1 Å². The molecule has 1 fully saturated rings. The van der Waals surface area contributed by atoms with E-state index in [1.165, 1.54) is 18.5 Å². The van der Waals surface area contributed by atoms with E-state index < -0.39 is 0 Å². The van der Waals surface area contributed by atoms with E-state index in [9.17, 15) is 4.79 Å². The highest BCUT2D eigenvalue weighted by Crippen LogP contribution is 2.22. The van der Waals surface area contributed by atoms with E-state index in [2.05, 4.69) is 15.2 Å². The average Bonchev–Trinajstić information content (AvgIpc) is 3.15. The Hall–Kier alpha value is -2.56. The molecule has 0 aliphatic carbocycles. The smallest absolute Gasteiger partial charge is 0.251 e. The minimum atomic E-state index is -0.0880. The summed E-state index contributed by atoms with van der Waals surface area (Å²) in [7, 11) is 1.60. The number of carbonyl (C=O) groups excluding carboxylic acids is 1. The largest absolute Gasteiger partial charge is 0.481 e. The Balaban J connectivity index is 1.66. The van der Waals surface area contributed by atoms with Crippen LogP contribution in [-0.2, 0) is 6.54 Å². The quantitative estimate of drug-likeness (QED) is 0.909. The lowest BCUT2D eigenvalue weighted by molar-refractivity contribution is 0.0950. The normalized spacial score (nSPS) is 13.8. The van der Waals surface area contributed by atoms with Crippen LogP contribution < -0.4 is 15.0 Å². The summed E-state index contributed by atoms with van der Waals surface area (Å²) in [6, 6.07) is 9.83. The van der Waals surface area contributed by atoms with Crippen molar-refractivity contribution in [2.45, 2.75) is 33.2 Å². The van der Waals surface area contributed by atoms with E-state index in [0.717, 1.165) is 29.9 Å². The van der Waals surface area contributed by atoms with E-state index in [4.69, 9.17) is 4.74 Å². The molecule has 1 aliphatic rings. The summed E-state index contributed by atoms with van der Waals surface area (Å²) < 4.78 is 5.35. The molecule has 25 heavy (non-hydrogen) atoms. The van der Waals surface area contributed by atoms with Crippen molar-refractivity contribution < 1.29 is 9.53 Å². The van der Waals surface area contributed by atoms with E-state index in [1.54, 1.807) is 7.11 Å². The Morgan fingerprint density at radius 1 is 1.20 bits per heavy atom. The molecule has 0 radical (unpaired) electrons. The van der Waals surface area contributed by atoms with E-state index in [-0.39, 0.29) is 5.91 Å². The number of hydrogen-bond acceptors (Lipinski definition) is 4. The summed E-state index contributed by atoms with van der Waals surface area (Å²) in [6.07, 6.45) is 2.49. The third kappa shape index (κ3) is 3.92. The van der Waals surface area contributed by atoms with Gasteiger partial charge in [0.1, 0.15) is 0 Å². The van der Waals surface area contributed by atoms with Crippen LogP contribution in [0.5, 0.6) is 5.88 Å². The third-order valence-electron chi connectivity index (χ3n) is 4.66. The molecule has 1 N–H and O–H groups in total. The van der Waals surface area contributed by atoms with Crippen LogP contribution in [0.1, 0.15) is 40.0 Å². The van der Waals surface area contributed by atoms with Gasteiger partial charge in [0.05, 0.1) is 7.11 Å². The first kappa shape index (κ1) is 17.3. The number of hydrogen-bond donors (Lipinski definition) is 1. The van der Waals surface area contributed by atoms with Gasteiger partial charge in [-0.2, -0.15) is 0 Å². The highest BCUT2D eigenvalue weighted by atomic mass is 16.5.